The highest BCUT2D eigenvalue weighted by Crippen LogP contribution is 2.22. The van der Waals surface area contributed by atoms with Crippen molar-refractivity contribution in [2.24, 2.45) is 0 Å². The number of aromatic nitrogens is 4. The summed E-state index contributed by atoms with van der Waals surface area (Å²) in [6.45, 7) is 2.14. The molecule has 0 fully saturated rings. The average Bonchev–Trinajstić information content (AvgIpc) is 3.25. The first-order valence-corrected chi connectivity index (χ1v) is 7.79. The highest BCUT2D eigenvalue weighted by molar-refractivity contribution is 7.08. The first-order valence-electron chi connectivity index (χ1n) is 6.85. The molecule has 1 atom stereocenters. The third-order valence-electron chi connectivity index (χ3n) is 3.30. The summed E-state index contributed by atoms with van der Waals surface area (Å²) in [6.07, 6.45) is 6.71. The lowest BCUT2D eigenvalue weighted by Gasteiger charge is -2.13. The minimum Gasteiger partial charge on any atom is -0.349 e. The number of hydrogen-bond acceptors (Lipinski definition) is 5. The molecule has 3 aromatic heterocycles. The first kappa shape index (κ1) is 14.4. The topological polar surface area (TPSA) is 72.7 Å². The van der Waals surface area contributed by atoms with Gasteiger partial charge in [-0.1, -0.05) is 0 Å². The number of nitrogens with zero attached hydrogens (tertiary/aromatic N) is 4. The molecule has 7 heteroatoms. The molecule has 0 saturated carbocycles. The highest BCUT2D eigenvalue weighted by Gasteiger charge is 2.16. The van der Waals surface area contributed by atoms with Crippen LogP contribution in [0.5, 0.6) is 0 Å². The van der Waals surface area contributed by atoms with Crippen molar-refractivity contribution < 1.29 is 4.79 Å². The molecule has 0 aliphatic heterocycles. The van der Waals surface area contributed by atoms with Crippen LogP contribution in [0.15, 0.2) is 47.7 Å². The van der Waals surface area contributed by atoms with Crippen LogP contribution in [0.3, 0.4) is 0 Å². The van der Waals surface area contributed by atoms with E-state index in [9.17, 15) is 4.79 Å². The van der Waals surface area contributed by atoms with Gasteiger partial charge < -0.3 is 5.32 Å². The number of carbonyl (C=O) groups is 1. The third kappa shape index (κ3) is 3.04. The SMILES string of the molecule is CC(C(=O)NCc1nccnc1-c1ccsc1)n1cccn1. The van der Waals surface area contributed by atoms with Gasteiger partial charge in [-0.05, 0) is 24.4 Å². The summed E-state index contributed by atoms with van der Waals surface area (Å²) in [4.78, 5) is 20.9. The van der Waals surface area contributed by atoms with Gasteiger partial charge in [0.05, 0.1) is 17.9 Å². The smallest absolute Gasteiger partial charge is 0.244 e. The average molecular weight is 313 g/mol. The second-order valence-electron chi connectivity index (χ2n) is 4.74. The van der Waals surface area contributed by atoms with Crippen molar-refractivity contribution in [3.63, 3.8) is 0 Å². The van der Waals surface area contributed by atoms with Gasteiger partial charge >= 0.3 is 0 Å². The van der Waals surface area contributed by atoms with E-state index in [1.807, 2.05) is 16.8 Å². The first-order chi connectivity index (χ1) is 10.8. The molecule has 112 valence electrons. The maximum absolute atomic E-state index is 12.2. The lowest BCUT2D eigenvalue weighted by atomic mass is 10.2. The fourth-order valence-corrected chi connectivity index (χ4v) is 2.73. The Morgan fingerprint density at radius 1 is 1.36 bits per heavy atom. The predicted octanol–water partition coefficient (Wildman–Crippen LogP) is 2.28. The lowest BCUT2D eigenvalue weighted by Crippen LogP contribution is -2.31. The Bertz CT molecular complexity index is 739. The largest absolute Gasteiger partial charge is 0.349 e. The highest BCUT2D eigenvalue weighted by atomic mass is 32.1. The number of amides is 1. The molecule has 0 spiro atoms. The molecule has 0 aliphatic rings. The molecule has 22 heavy (non-hydrogen) atoms. The molecule has 3 heterocycles. The Balaban J connectivity index is 1.71. The zero-order valence-corrected chi connectivity index (χ0v) is 12.8. The summed E-state index contributed by atoms with van der Waals surface area (Å²) >= 11 is 1.60. The van der Waals surface area contributed by atoms with E-state index in [1.165, 1.54) is 0 Å². The normalized spacial score (nSPS) is 12.0. The molecule has 0 aliphatic carbocycles. The van der Waals surface area contributed by atoms with Crippen molar-refractivity contribution in [3.8, 4) is 11.3 Å². The zero-order valence-electron chi connectivity index (χ0n) is 12.0. The summed E-state index contributed by atoms with van der Waals surface area (Å²) in [7, 11) is 0. The molecule has 0 bridgehead atoms. The van der Waals surface area contributed by atoms with Crippen molar-refractivity contribution >= 4 is 17.2 Å². The summed E-state index contributed by atoms with van der Waals surface area (Å²) in [5, 5.41) is 11.0. The van der Waals surface area contributed by atoms with E-state index >= 15 is 0 Å². The number of rotatable bonds is 5. The van der Waals surface area contributed by atoms with Crippen LogP contribution in [0.2, 0.25) is 0 Å². The fraction of sp³-hybridized carbons (Fsp3) is 0.200. The Labute approximate surface area is 131 Å². The van der Waals surface area contributed by atoms with Crippen LogP contribution >= 0.6 is 11.3 Å². The van der Waals surface area contributed by atoms with Crippen LogP contribution in [0.1, 0.15) is 18.7 Å². The van der Waals surface area contributed by atoms with Crippen molar-refractivity contribution in [1.29, 1.82) is 0 Å². The molecule has 0 radical (unpaired) electrons. The molecule has 6 nitrogen and oxygen atoms in total. The van der Waals surface area contributed by atoms with E-state index in [0.717, 1.165) is 17.0 Å². The molecule has 3 aromatic rings. The summed E-state index contributed by atoms with van der Waals surface area (Å²) < 4.78 is 1.62. The van der Waals surface area contributed by atoms with Crippen molar-refractivity contribution in [2.75, 3.05) is 0 Å². The zero-order chi connectivity index (χ0) is 15.4. The van der Waals surface area contributed by atoms with Crippen LogP contribution in [0.4, 0.5) is 0 Å². The molecular weight excluding hydrogens is 298 g/mol. The van der Waals surface area contributed by atoms with E-state index in [1.54, 1.807) is 53.8 Å². The van der Waals surface area contributed by atoms with Gasteiger partial charge in [0.25, 0.3) is 0 Å². The van der Waals surface area contributed by atoms with Gasteiger partial charge in [0.2, 0.25) is 5.91 Å². The number of carbonyl (C=O) groups excluding carboxylic acids is 1. The van der Waals surface area contributed by atoms with Gasteiger partial charge in [0.1, 0.15) is 6.04 Å². The Kier molecular flexibility index (Phi) is 4.24. The second kappa shape index (κ2) is 6.48. The molecule has 1 amide bonds. The van der Waals surface area contributed by atoms with Gasteiger partial charge in [-0.3, -0.25) is 19.4 Å². The molecule has 1 N–H and O–H groups in total. The Hall–Kier alpha value is -2.54. The summed E-state index contributed by atoms with van der Waals surface area (Å²) in [5.74, 6) is -0.106. The minimum atomic E-state index is -0.365. The molecular formula is C15H15N5OS. The summed E-state index contributed by atoms with van der Waals surface area (Å²) in [5.41, 5.74) is 2.57. The lowest BCUT2D eigenvalue weighted by molar-refractivity contribution is -0.124. The van der Waals surface area contributed by atoms with E-state index in [0.29, 0.717) is 6.54 Å². The van der Waals surface area contributed by atoms with Crippen LogP contribution in [0, 0.1) is 0 Å². The van der Waals surface area contributed by atoms with Gasteiger partial charge in [-0.25, -0.2) is 0 Å². The van der Waals surface area contributed by atoms with E-state index < -0.39 is 0 Å². The quantitative estimate of drug-likeness (QED) is 0.784. The van der Waals surface area contributed by atoms with Crippen molar-refractivity contribution in [1.82, 2.24) is 25.1 Å². The van der Waals surface area contributed by atoms with E-state index in [4.69, 9.17) is 0 Å². The standard InChI is InChI=1S/C15H15N5OS/c1-11(20-7-2-4-19-20)15(21)18-9-13-14(17-6-5-16-13)12-3-8-22-10-12/h2-8,10-11H,9H2,1H3,(H,18,21). The summed E-state index contributed by atoms with van der Waals surface area (Å²) in [6, 6.07) is 3.42. The Morgan fingerprint density at radius 3 is 2.95 bits per heavy atom. The fourth-order valence-electron chi connectivity index (χ4n) is 2.08. The predicted molar refractivity (Wildman–Crippen MR) is 84.1 cm³/mol. The van der Waals surface area contributed by atoms with Crippen molar-refractivity contribution in [2.45, 2.75) is 19.5 Å². The van der Waals surface area contributed by atoms with Crippen LogP contribution in [-0.4, -0.2) is 25.7 Å². The molecule has 3 rings (SSSR count). The Morgan fingerprint density at radius 2 is 2.23 bits per heavy atom. The monoisotopic (exact) mass is 313 g/mol. The number of thiophene rings is 1. The molecule has 0 aromatic carbocycles. The van der Waals surface area contributed by atoms with Crippen LogP contribution in [0.25, 0.3) is 11.3 Å². The van der Waals surface area contributed by atoms with Gasteiger partial charge in [-0.15, -0.1) is 0 Å². The third-order valence-corrected chi connectivity index (χ3v) is 3.98. The van der Waals surface area contributed by atoms with E-state index in [-0.39, 0.29) is 11.9 Å². The van der Waals surface area contributed by atoms with Gasteiger partial charge in [-0.2, -0.15) is 16.4 Å². The van der Waals surface area contributed by atoms with Crippen LogP contribution < -0.4 is 5.32 Å². The van der Waals surface area contributed by atoms with Gasteiger partial charge in [0.15, 0.2) is 0 Å². The van der Waals surface area contributed by atoms with Gasteiger partial charge in [0, 0.05) is 35.7 Å². The minimum absolute atomic E-state index is 0.106. The second-order valence-corrected chi connectivity index (χ2v) is 5.52. The molecule has 0 saturated heterocycles. The number of hydrogen-bond donors (Lipinski definition) is 1. The molecule has 1 unspecified atom stereocenters. The van der Waals surface area contributed by atoms with Crippen molar-refractivity contribution in [3.05, 3.63) is 53.4 Å². The maximum atomic E-state index is 12.2. The van der Waals surface area contributed by atoms with Crippen LogP contribution in [-0.2, 0) is 11.3 Å². The maximum Gasteiger partial charge on any atom is 0.244 e. The number of nitrogens with one attached hydrogen (secondary N) is 1. The van der Waals surface area contributed by atoms with E-state index in [2.05, 4.69) is 20.4 Å².